The molecule has 0 saturated carbocycles. The highest BCUT2D eigenvalue weighted by atomic mass is 16.6. The average molecular weight is 231 g/mol. The summed E-state index contributed by atoms with van der Waals surface area (Å²) in [6, 6.07) is 4.26. The minimum Gasteiger partial charge on any atom is -0.384 e. The maximum Gasteiger partial charge on any atom is 0.190 e. The van der Waals surface area contributed by atoms with Crippen LogP contribution in [0.3, 0.4) is 0 Å². The van der Waals surface area contributed by atoms with E-state index in [9.17, 15) is 4.79 Å². The normalized spacial score (nSPS) is 18.8. The van der Waals surface area contributed by atoms with Gasteiger partial charge in [-0.25, -0.2) is 0 Å². The van der Waals surface area contributed by atoms with Gasteiger partial charge in [-0.15, -0.1) is 0 Å². The quantitative estimate of drug-likeness (QED) is 0.785. The highest BCUT2D eigenvalue weighted by Gasteiger charge is 2.27. The SMILES string of the molecule is CC(=O)[C@@H]1CC(c2c(C)cc(C)cc2C)=NO1. The minimum atomic E-state index is -0.398. The van der Waals surface area contributed by atoms with E-state index in [-0.39, 0.29) is 5.78 Å². The third kappa shape index (κ3) is 2.23. The third-order valence-electron chi connectivity index (χ3n) is 3.09. The predicted molar refractivity (Wildman–Crippen MR) is 67.4 cm³/mol. The zero-order chi connectivity index (χ0) is 12.6. The van der Waals surface area contributed by atoms with E-state index in [0.29, 0.717) is 6.42 Å². The van der Waals surface area contributed by atoms with Crippen molar-refractivity contribution in [3.63, 3.8) is 0 Å². The molecule has 0 spiro atoms. The highest BCUT2D eigenvalue weighted by molar-refractivity contribution is 6.06. The topological polar surface area (TPSA) is 38.7 Å². The number of ketones is 1. The van der Waals surface area contributed by atoms with E-state index in [1.165, 1.54) is 23.6 Å². The lowest BCUT2D eigenvalue weighted by Crippen LogP contribution is -2.18. The highest BCUT2D eigenvalue weighted by Crippen LogP contribution is 2.23. The number of carbonyl (C=O) groups is 1. The largest absolute Gasteiger partial charge is 0.384 e. The molecule has 1 aliphatic heterocycles. The lowest BCUT2D eigenvalue weighted by molar-refractivity contribution is -0.126. The van der Waals surface area contributed by atoms with Gasteiger partial charge in [-0.2, -0.15) is 0 Å². The van der Waals surface area contributed by atoms with Crippen molar-refractivity contribution in [1.29, 1.82) is 0 Å². The van der Waals surface area contributed by atoms with E-state index < -0.39 is 6.10 Å². The van der Waals surface area contributed by atoms with Crippen LogP contribution in [0.25, 0.3) is 0 Å². The number of Topliss-reactive ketones (excluding diaryl/α,β-unsaturated/α-hetero) is 1. The molecule has 0 amide bonds. The number of benzene rings is 1. The van der Waals surface area contributed by atoms with Crippen molar-refractivity contribution in [1.82, 2.24) is 0 Å². The molecule has 90 valence electrons. The Morgan fingerprint density at radius 3 is 2.35 bits per heavy atom. The molecule has 1 aromatic carbocycles. The summed E-state index contributed by atoms with van der Waals surface area (Å²) in [6.45, 7) is 7.75. The minimum absolute atomic E-state index is 0.0335. The summed E-state index contributed by atoms with van der Waals surface area (Å²) in [6.07, 6.45) is 0.185. The summed E-state index contributed by atoms with van der Waals surface area (Å²) in [7, 11) is 0. The second-order valence-corrected chi connectivity index (χ2v) is 4.72. The Hall–Kier alpha value is -1.64. The first-order valence-electron chi connectivity index (χ1n) is 5.80. The molecular formula is C14H17NO2. The maximum absolute atomic E-state index is 11.2. The first-order valence-corrected chi connectivity index (χ1v) is 5.80. The van der Waals surface area contributed by atoms with E-state index in [0.717, 1.165) is 11.3 Å². The molecule has 0 aromatic heterocycles. The Labute approximate surface area is 101 Å². The van der Waals surface area contributed by atoms with Gasteiger partial charge in [0.2, 0.25) is 0 Å². The van der Waals surface area contributed by atoms with E-state index in [4.69, 9.17) is 4.84 Å². The van der Waals surface area contributed by atoms with Crippen LogP contribution in [0.2, 0.25) is 0 Å². The molecule has 1 aromatic rings. The van der Waals surface area contributed by atoms with Crippen molar-refractivity contribution in [2.45, 2.75) is 40.2 Å². The van der Waals surface area contributed by atoms with Gasteiger partial charge in [-0.05, 0) is 38.8 Å². The van der Waals surface area contributed by atoms with Crippen molar-refractivity contribution < 1.29 is 9.63 Å². The number of carbonyl (C=O) groups excluding carboxylic acids is 1. The first kappa shape index (κ1) is 11.8. The Balaban J connectivity index is 2.34. The number of hydrogen-bond donors (Lipinski definition) is 0. The second kappa shape index (κ2) is 4.32. The van der Waals surface area contributed by atoms with Gasteiger partial charge in [-0.1, -0.05) is 22.9 Å². The molecule has 0 radical (unpaired) electrons. The van der Waals surface area contributed by atoms with E-state index >= 15 is 0 Å². The summed E-state index contributed by atoms with van der Waals surface area (Å²) < 4.78 is 0. The van der Waals surface area contributed by atoms with Crippen LogP contribution in [0.1, 0.15) is 35.6 Å². The molecule has 2 rings (SSSR count). The van der Waals surface area contributed by atoms with Crippen molar-refractivity contribution in [3.8, 4) is 0 Å². The Morgan fingerprint density at radius 1 is 1.29 bits per heavy atom. The van der Waals surface area contributed by atoms with Gasteiger partial charge >= 0.3 is 0 Å². The molecule has 0 saturated heterocycles. The molecule has 0 unspecified atom stereocenters. The summed E-state index contributed by atoms with van der Waals surface area (Å²) >= 11 is 0. The smallest absolute Gasteiger partial charge is 0.190 e. The fourth-order valence-corrected chi connectivity index (χ4v) is 2.38. The number of oxime groups is 1. The standard InChI is InChI=1S/C14H17NO2/c1-8-5-9(2)14(10(3)6-8)12-7-13(11(4)16)17-15-12/h5-6,13H,7H2,1-4H3/t13-/m0/s1. The summed E-state index contributed by atoms with van der Waals surface area (Å²) in [5.41, 5.74) is 5.63. The molecule has 17 heavy (non-hydrogen) atoms. The van der Waals surface area contributed by atoms with Gasteiger partial charge in [0.1, 0.15) is 0 Å². The van der Waals surface area contributed by atoms with Gasteiger partial charge in [0.25, 0.3) is 0 Å². The second-order valence-electron chi connectivity index (χ2n) is 4.72. The van der Waals surface area contributed by atoms with E-state index in [1.54, 1.807) is 0 Å². The number of hydrogen-bond acceptors (Lipinski definition) is 3. The maximum atomic E-state index is 11.2. The molecule has 3 heteroatoms. The lowest BCUT2D eigenvalue weighted by atomic mass is 9.93. The molecule has 1 aliphatic rings. The average Bonchev–Trinajstić information content (AvgIpc) is 2.65. The van der Waals surface area contributed by atoms with Gasteiger partial charge in [0.05, 0.1) is 5.71 Å². The van der Waals surface area contributed by atoms with Crippen LogP contribution in [-0.4, -0.2) is 17.6 Å². The monoisotopic (exact) mass is 231 g/mol. The Kier molecular flexibility index (Phi) is 3.01. The van der Waals surface area contributed by atoms with Gasteiger partial charge in [0, 0.05) is 12.0 Å². The van der Waals surface area contributed by atoms with Crippen LogP contribution in [0.5, 0.6) is 0 Å². The van der Waals surface area contributed by atoms with Crippen LogP contribution < -0.4 is 0 Å². The first-order chi connectivity index (χ1) is 7.99. The molecule has 1 atom stereocenters. The van der Waals surface area contributed by atoms with Crippen molar-refractivity contribution in [2.75, 3.05) is 0 Å². The summed E-state index contributed by atoms with van der Waals surface area (Å²) in [5, 5.41) is 4.06. The van der Waals surface area contributed by atoms with Gasteiger partial charge < -0.3 is 4.84 Å². The molecule has 3 nitrogen and oxygen atoms in total. The summed E-state index contributed by atoms with van der Waals surface area (Å²) in [5.74, 6) is 0.0335. The molecule has 0 fully saturated rings. The number of rotatable bonds is 2. The third-order valence-corrected chi connectivity index (χ3v) is 3.09. The van der Waals surface area contributed by atoms with E-state index in [1.807, 2.05) is 0 Å². The van der Waals surface area contributed by atoms with E-state index in [2.05, 4.69) is 38.1 Å². The molecule has 0 aliphatic carbocycles. The predicted octanol–water partition coefficient (Wildman–Crippen LogP) is 2.69. The molecule has 0 bridgehead atoms. The van der Waals surface area contributed by atoms with Crippen LogP contribution in [0, 0.1) is 20.8 Å². The Bertz CT molecular complexity index is 480. The van der Waals surface area contributed by atoms with Gasteiger partial charge in [-0.3, -0.25) is 4.79 Å². The summed E-state index contributed by atoms with van der Waals surface area (Å²) in [4.78, 5) is 16.4. The van der Waals surface area contributed by atoms with Crippen molar-refractivity contribution in [2.24, 2.45) is 5.16 Å². The van der Waals surface area contributed by atoms with Crippen LogP contribution in [0.15, 0.2) is 17.3 Å². The van der Waals surface area contributed by atoms with Crippen LogP contribution >= 0.6 is 0 Å². The number of aryl methyl sites for hydroxylation is 3. The molecular weight excluding hydrogens is 214 g/mol. The fourth-order valence-electron chi connectivity index (χ4n) is 2.38. The van der Waals surface area contributed by atoms with Crippen molar-refractivity contribution >= 4 is 11.5 Å². The molecule has 1 heterocycles. The zero-order valence-electron chi connectivity index (χ0n) is 10.7. The van der Waals surface area contributed by atoms with Crippen LogP contribution in [-0.2, 0) is 9.63 Å². The van der Waals surface area contributed by atoms with Crippen LogP contribution in [0.4, 0.5) is 0 Å². The van der Waals surface area contributed by atoms with Gasteiger partial charge in [0.15, 0.2) is 11.9 Å². The zero-order valence-corrected chi connectivity index (χ0v) is 10.7. The Morgan fingerprint density at radius 2 is 1.88 bits per heavy atom. The molecule has 0 N–H and O–H groups in total. The van der Waals surface area contributed by atoms with Crippen molar-refractivity contribution in [3.05, 3.63) is 34.4 Å². The number of nitrogens with zero attached hydrogens (tertiary/aromatic N) is 1. The fraction of sp³-hybridized carbons (Fsp3) is 0.429. The lowest BCUT2D eigenvalue weighted by Gasteiger charge is -2.10.